The molecule has 0 aliphatic rings. The van der Waals surface area contributed by atoms with Crippen molar-refractivity contribution in [2.24, 2.45) is 0 Å². The van der Waals surface area contributed by atoms with Gasteiger partial charge >= 0.3 is 37.7 Å². The van der Waals surface area contributed by atoms with E-state index < -0.39 is 11.9 Å². The van der Waals surface area contributed by atoms with Crippen molar-refractivity contribution in [1.82, 2.24) is 0 Å². The Hall–Kier alpha value is -0.400. The Labute approximate surface area is 295 Å². The van der Waals surface area contributed by atoms with Gasteiger partial charge in [-0.25, -0.2) is 0 Å². The molecule has 43 heavy (non-hydrogen) atoms. The molecule has 0 aromatic rings. The molecule has 2 N–H and O–H groups in total. The van der Waals surface area contributed by atoms with Crippen LogP contribution in [0, 0.1) is 0 Å². The van der Waals surface area contributed by atoms with E-state index in [-0.39, 0.29) is 62.8 Å². The molecule has 6 nitrogen and oxygen atoms in total. The van der Waals surface area contributed by atoms with Gasteiger partial charge in [-0.1, -0.05) is 128 Å². The minimum atomic E-state index is -0.939. The first-order valence-electron chi connectivity index (χ1n) is 17.4. The number of carboxylic acids is 2. The quantitative estimate of drug-likeness (QED) is 0.0494. The normalized spacial score (nSPS) is 12.6. The summed E-state index contributed by atoms with van der Waals surface area (Å²) in [6.45, 7) is 4.39. The van der Waals surface area contributed by atoms with E-state index in [2.05, 4.69) is 38.2 Å². The van der Waals surface area contributed by atoms with Gasteiger partial charge in [-0.2, -0.15) is 0 Å². The molecule has 0 aliphatic carbocycles. The van der Waals surface area contributed by atoms with Crippen LogP contribution in [0.3, 0.4) is 0 Å². The Morgan fingerprint density at radius 3 is 1.19 bits per heavy atom. The van der Waals surface area contributed by atoms with Crippen LogP contribution in [0.2, 0.25) is 0 Å². The van der Waals surface area contributed by atoms with Crippen molar-refractivity contribution in [2.45, 2.75) is 193 Å². The van der Waals surface area contributed by atoms with Crippen molar-refractivity contribution in [3.05, 3.63) is 24.3 Å². The van der Waals surface area contributed by atoms with Crippen LogP contribution in [0.5, 0.6) is 0 Å². The van der Waals surface area contributed by atoms with Crippen LogP contribution < -0.4 is 10.2 Å². The smallest absolute Gasteiger partial charge is 0.550 e. The summed E-state index contributed by atoms with van der Waals surface area (Å²) in [6.07, 6.45) is 34.0. The van der Waals surface area contributed by atoms with Crippen LogP contribution in [0.15, 0.2) is 24.3 Å². The van der Waals surface area contributed by atoms with E-state index in [4.69, 9.17) is 0 Å². The maximum Gasteiger partial charge on any atom is 2.00 e. The van der Waals surface area contributed by atoms with Crippen LogP contribution in [-0.4, -0.2) is 72.1 Å². The number of carbonyl (C=O) groups is 2. The van der Waals surface area contributed by atoms with Gasteiger partial charge in [0.15, 0.2) is 0 Å². The third-order valence-corrected chi connectivity index (χ3v) is 7.43. The predicted octanol–water partition coefficient (Wildman–Crippen LogP) is 7.11. The summed E-state index contributed by atoms with van der Waals surface area (Å²) in [5.41, 5.74) is 0. The number of aliphatic carboxylic acids is 2. The maximum absolute atomic E-state index is 10.2. The number of unbranched alkanes of at least 4 members (excludes halogenated alkanes) is 16. The number of hydrogen-bond acceptors (Lipinski definition) is 6. The van der Waals surface area contributed by atoms with Crippen molar-refractivity contribution in [3.63, 3.8) is 0 Å². The number of carboxylic acid groups (broad SMARTS) is 2. The van der Waals surface area contributed by atoms with Crippen LogP contribution in [0.25, 0.3) is 0 Å². The summed E-state index contributed by atoms with van der Waals surface area (Å²) in [7, 11) is 0. The molecule has 7 heteroatoms. The fourth-order valence-electron chi connectivity index (χ4n) is 4.72. The molecule has 0 fully saturated rings. The largest absolute Gasteiger partial charge is 2.00 e. The monoisotopic (exact) mass is 634 g/mol. The Morgan fingerprint density at radius 1 is 0.512 bits per heavy atom. The average Bonchev–Trinajstić information content (AvgIpc) is 2.95. The van der Waals surface area contributed by atoms with Crippen molar-refractivity contribution in [2.75, 3.05) is 0 Å². The molecule has 248 valence electrons. The molecule has 2 atom stereocenters. The van der Waals surface area contributed by atoms with Crippen LogP contribution in [0.1, 0.15) is 181 Å². The molecule has 0 spiro atoms. The molecular weight excluding hydrogens is 568 g/mol. The summed E-state index contributed by atoms with van der Waals surface area (Å²) < 4.78 is 0. The van der Waals surface area contributed by atoms with Gasteiger partial charge in [-0.3, -0.25) is 0 Å². The second kappa shape index (κ2) is 39.6. The van der Waals surface area contributed by atoms with E-state index in [0.717, 1.165) is 116 Å². The number of aliphatic hydroxyl groups is 2. The van der Waals surface area contributed by atoms with Gasteiger partial charge in [-0.05, 0) is 77.0 Å². The van der Waals surface area contributed by atoms with E-state index >= 15 is 0 Å². The Balaban J connectivity index is -0.000000727. The maximum atomic E-state index is 10.2. The minimum Gasteiger partial charge on any atom is -0.550 e. The van der Waals surface area contributed by atoms with Gasteiger partial charge in [0.1, 0.15) is 0 Å². The summed E-state index contributed by atoms with van der Waals surface area (Å²) in [5, 5.41) is 40.0. The second-order valence-corrected chi connectivity index (χ2v) is 11.8. The molecular formula is C36H66CaO6. The summed E-state index contributed by atoms with van der Waals surface area (Å²) in [4.78, 5) is 20.4. The molecule has 0 saturated carbocycles. The predicted molar refractivity (Wildman–Crippen MR) is 177 cm³/mol. The molecule has 0 aliphatic heterocycles. The average molecular weight is 635 g/mol. The van der Waals surface area contributed by atoms with Crippen LogP contribution >= 0.6 is 0 Å². The van der Waals surface area contributed by atoms with Crippen LogP contribution in [-0.2, 0) is 9.59 Å². The number of allylic oxidation sites excluding steroid dienone is 2. The van der Waals surface area contributed by atoms with Gasteiger partial charge in [0, 0.05) is 11.9 Å². The summed E-state index contributed by atoms with van der Waals surface area (Å²) in [6, 6.07) is 0. The standard InChI is InChI=1S/2C18H34O3.Ca/c2*1-2-3-4-11-14-17(19)15-12-9-7-5-6-8-10-13-16-18(20)21;/h2*9,12,17,19H,2-8,10-11,13-16H2,1H3,(H,20,21);/q;;+2/p-2/b2*12-9+;/t2*17-;/m11./s1. The first kappa shape index (κ1) is 47.0. The number of hydrogen-bond donors (Lipinski definition) is 2. The van der Waals surface area contributed by atoms with Gasteiger partial charge in [0.05, 0.1) is 12.2 Å². The summed E-state index contributed by atoms with van der Waals surface area (Å²) >= 11 is 0. The SMILES string of the molecule is CCCCCC[C@@H](O)C/C=C/CCCCCCCC(=O)[O-].CCCCCC[C@@H](O)C/C=C/CCCCCCCC(=O)[O-].[Ca+2]. The van der Waals surface area contributed by atoms with Crippen molar-refractivity contribution >= 4 is 49.7 Å². The fraction of sp³-hybridized carbons (Fsp3) is 0.833. The Kier molecular flexibility index (Phi) is 43.3. The van der Waals surface area contributed by atoms with Crippen molar-refractivity contribution in [3.8, 4) is 0 Å². The van der Waals surface area contributed by atoms with Gasteiger partial charge in [0.2, 0.25) is 0 Å². The van der Waals surface area contributed by atoms with Crippen LogP contribution in [0.4, 0.5) is 0 Å². The summed E-state index contributed by atoms with van der Waals surface area (Å²) in [5.74, 6) is -1.88. The number of aliphatic hydroxyl groups excluding tert-OH is 2. The topological polar surface area (TPSA) is 121 Å². The zero-order valence-electron chi connectivity index (χ0n) is 28.1. The van der Waals surface area contributed by atoms with Gasteiger partial charge < -0.3 is 30.0 Å². The van der Waals surface area contributed by atoms with E-state index in [1.807, 2.05) is 0 Å². The Bertz CT molecular complexity index is 583. The fourth-order valence-corrected chi connectivity index (χ4v) is 4.72. The molecule has 0 radical (unpaired) electrons. The van der Waals surface area contributed by atoms with Crippen molar-refractivity contribution < 1.29 is 30.0 Å². The van der Waals surface area contributed by atoms with E-state index in [1.165, 1.54) is 38.5 Å². The molecule has 0 amide bonds. The second-order valence-electron chi connectivity index (χ2n) is 11.8. The molecule has 0 rings (SSSR count). The molecule has 0 aromatic heterocycles. The third kappa shape index (κ3) is 46.1. The first-order chi connectivity index (χ1) is 20.3. The first-order valence-corrected chi connectivity index (χ1v) is 17.4. The third-order valence-electron chi connectivity index (χ3n) is 7.43. The van der Waals surface area contributed by atoms with E-state index in [1.54, 1.807) is 0 Å². The minimum absolute atomic E-state index is 0. The van der Waals surface area contributed by atoms with E-state index in [9.17, 15) is 30.0 Å². The molecule has 0 heterocycles. The van der Waals surface area contributed by atoms with E-state index in [0.29, 0.717) is 0 Å². The molecule has 0 bridgehead atoms. The Morgan fingerprint density at radius 2 is 0.837 bits per heavy atom. The molecule has 0 aromatic carbocycles. The van der Waals surface area contributed by atoms with Crippen molar-refractivity contribution in [1.29, 1.82) is 0 Å². The van der Waals surface area contributed by atoms with Gasteiger partial charge in [-0.15, -0.1) is 0 Å². The zero-order chi connectivity index (χ0) is 31.5. The number of carbonyl (C=O) groups excluding carboxylic acids is 2. The molecule has 0 unspecified atom stereocenters. The molecule has 0 saturated heterocycles. The van der Waals surface area contributed by atoms with Gasteiger partial charge in [0.25, 0.3) is 0 Å². The zero-order valence-corrected chi connectivity index (χ0v) is 30.3. The number of rotatable bonds is 30.